The molecule has 2 atom stereocenters. The Kier molecular flexibility index (Phi) is 4.82. The molecule has 1 aromatic carbocycles. The van der Waals surface area contributed by atoms with E-state index in [0.29, 0.717) is 12.5 Å². The second kappa shape index (κ2) is 6.39. The Hall–Kier alpha value is -1.07. The van der Waals surface area contributed by atoms with Crippen molar-refractivity contribution in [2.75, 3.05) is 18.0 Å². The fourth-order valence-electron chi connectivity index (χ4n) is 2.44. The van der Waals surface area contributed by atoms with E-state index in [-0.39, 0.29) is 12.5 Å². The Bertz CT molecular complexity index is 453. The lowest BCUT2D eigenvalue weighted by Crippen LogP contribution is -2.55. The lowest BCUT2D eigenvalue weighted by Gasteiger charge is -2.40. The van der Waals surface area contributed by atoms with Gasteiger partial charge in [-0.05, 0) is 41.4 Å². The van der Waals surface area contributed by atoms with E-state index in [1.807, 2.05) is 18.2 Å². The van der Waals surface area contributed by atoms with Crippen molar-refractivity contribution in [2.24, 2.45) is 0 Å². The zero-order chi connectivity index (χ0) is 13.8. The summed E-state index contributed by atoms with van der Waals surface area (Å²) in [5, 5.41) is 12.2. The van der Waals surface area contributed by atoms with Gasteiger partial charge in [0.1, 0.15) is 0 Å². The number of nitrogens with one attached hydrogen (secondary N) is 1. The molecule has 0 saturated carbocycles. The molecule has 0 radical (unpaired) electrons. The minimum atomic E-state index is -0.729. The monoisotopic (exact) mass is 326 g/mol. The number of carboxylic acid groups (broad SMARTS) is 1. The molecule has 104 valence electrons. The van der Waals surface area contributed by atoms with Crippen LogP contribution in [0.2, 0.25) is 0 Å². The predicted octanol–water partition coefficient (Wildman–Crippen LogP) is 2.48. The highest BCUT2D eigenvalue weighted by atomic mass is 79.9. The normalized spacial score (nSPS) is 23.4. The van der Waals surface area contributed by atoms with Crippen LogP contribution in [0.3, 0.4) is 0 Å². The van der Waals surface area contributed by atoms with Gasteiger partial charge in [-0.15, -0.1) is 0 Å². The maximum absolute atomic E-state index is 10.7. The average Bonchev–Trinajstić information content (AvgIpc) is 2.38. The Morgan fingerprint density at radius 1 is 1.53 bits per heavy atom. The minimum absolute atomic E-state index is 0.218. The number of carbonyl (C=O) groups is 1. The highest BCUT2D eigenvalue weighted by molar-refractivity contribution is 9.10. The van der Waals surface area contributed by atoms with E-state index < -0.39 is 5.97 Å². The number of para-hydroxylation sites is 1. The van der Waals surface area contributed by atoms with Crippen molar-refractivity contribution >= 4 is 27.6 Å². The number of nitrogens with zero attached hydrogens (tertiary/aromatic N) is 1. The Morgan fingerprint density at radius 2 is 2.26 bits per heavy atom. The lowest BCUT2D eigenvalue weighted by molar-refractivity contribution is -0.137. The summed E-state index contributed by atoms with van der Waals surface area (Å²) >= 11 is 3.59. The summed E-state index contributed by atoms with van der Waals surface area (Å²) in [7, 11) is 0. The van der Waals surface area contributed by atoms with Crippen LogP contribution in [0.25, 0.3) is 0 Å². The number of benzene rings is 1. The largest absolute Gasteiger partial charge is 0.481 e. The van der Waals surface area contributed by atoms with Crippen molar-refractivity contribution in [2.45, 2.75) is 31.8 Å². The molecule has 1 aliphatic rings. The third kappa shape index (κ3) is 3.70. The van der Waals surface area contributed by atoms with Gasteiger partial charge >= 0.3 is 5.97 Å². The molecule has 1 fully saturated rings. The average molecular weight is 327 g/mol. The Labute approximate surface area is 121 Å². The fourth-order valence-corrected chi connectivity index (χ4v) is 2.95. The van der Waals surface area contributed by atoms with Gasteiger partial charge in [0.2, 0.25) is 0 Å². The summed E-state index contributed by atoms with van der Waals surface area (Å²) in [6.45, 7) is 3.91. The van der Waals surface area contributed by atoms with E-state index in [0.717, 1.165) is 17.6 Å². The molecular weight excluding hydrogens is 308 g/mol. The molecule has 2 rings (SSSR count). The van der Waals surface area contributed by atoms with Gasteiger partial charge in [-0.1, -0.05) is 12.1 Å². The van der Waals surface area contributed by atoms with Gasteiger partial charge in [-0.3, -0.25) is 4.79 Å². The molecule has 0 bridgehead atoms. The molecule has 1 aliphatic heterocycles. The molecular formula is C14H19BrN2O2. The SMILES string of the molecule is CC1CNC(CCC(=O)O)CN1c1ccccc1Br. The standard InChI is InChI=1S/C14H19BrN2O2/c1-10-8-16-11(6-7-14(18)19)9-17(10)13-5-3-2-4-12(13)15/h2-5,10-11,16H,6-9H2,1H3,(H,18,19). The molecule has 1 aromatic rings. The first-order chi connectivity index (χ1) is 9.08. The van der Waals surface area contributed by atoms with Crippen LogP contribution in [0.4, 0.5) is 5.69 Å². The number of rotatable bonds is 4. The molecule has 4 nitrogen and oxygen atoms in total. The van der Waals surface area contributed by atoms with Crippen molar-refractivity contribution in [1.82, 2.24) is 5.32 Å². The van der Waals surface area contributed by atoms with Crippen LogP contribution in [-0.2, 0) is 4.79 Å². The van der Waals surface area contributed by atoms with Gasteiger partial charge in [0.05, 0.1) is 5.69 Å². The van der Waals surface area contributed by atoms with E-state index in [4.69, 9.17) is 5.11 Å². The molecule has 1 heterocycles. The van der Waals surface area contributed by atoms with E-state index in [9.17, 15) is 4.79 Å². The van der Waals surface area contributed by atoms with E-state index in [1.165, 1.54) is 5.69 Å². The Morgan fingerprint density at radius 3 is 2.95 bits per heavy atom. The van der Waals surface area contributed by atoms with E-state index >= 15 is 0 Å². The molecule has 2 unspecified atom stereocenters. The molecule has 0 spiro atoms. The number of aliphatic carboxylic acids is 1. The number of halogens is 1. The second-order valence-electron chi connectivity index (χ2n) is 4.99. The lowest BCUT2D eigenvalue weighted by atomic mass is 10.0. The minimum Gasteiger partial charge on any atom is -0.481 e. The van der Waals surface area contributed by atoms with Gasteiger partial charge in [-0.25, -0.2) is 0 Å². The van der Waals surface area contributed by atoms with Crippen molar-refractivity contribution in [1.29, 1.82) is 0 Å². The van der Waals surface area contributed by atoms with Gasteiger partial charge in [0.15, 0.2) is 0 Å². The fraction of sp³-hybridized carbons (Fsp3) is 0.500. The first-order valence-electron chi connectivity index (χ1n) is 6.54. The maximum atomic E-state index is 10.7. The summed E-state index contributed by atoms with van der Waals surface area (Å²) in [4.78, 5) is 13.0. The smallest absolute Gasteiger partial charge is 0.303 e. The van der Waals surface area contributed by atoms with Gasteiger partial charge in [-0.2, -0.15) is 0 Å². The van der Waals surface area contributed by atoms with Crippen LogP contribution in [-0.4, -0.2) is 36.2 Å². The maximum Gasteiger partial charge on any atom is 0.303 e. The molecule has 19 heavy (non-hydrogen) atoms. The van der Waals surface area contributed by atoms with Crippen molar-refractivity contribution in [3.63, 3.8) is 0 Å². The predicted molar refractivity (Wildman–Crippen MR) is 79.6 cm³/mol. The first-order valence-corrected chi connectivity index (χ1v) is 7.33. The van der Waals surface area contributed by atoms with E-state index in [2.05, 4.69) is 39.1 Å². The first kappa shape index (κ1) is 14.3. The summed E-state index contributed by atoms with van der Waals surface area (Å²) < 4.78 is 1.08. The highest BCUT2D eigenvalue weighted by Gasteiger charge is 2.26. The summed E-state index contributed by atoms with van der Waals surface area (Å²) in [6, 6.07) is 8.80. The quantitative estimate of drug-likeness (QED) is 0.892. The number of hydrogen-bond donors (Lipinski definition) is 2. The van der Waals surface area contributed by atoms with Gasteiger partial charge in [0.25, 0.3) is 0 Å². The van der Waals surface area contributed by atoms with Gasteiger partial charge < -0.3 is 15.3 Å². The van der Waals surface area contributed by atoms with E-state index in [1.54, 1.807) is 0 Å². The van der Waals surface area contributed by atoms with Crippen LogP contribution in [0.15, 0.2) is 28.7 Å². The molecule has 5 heteroatoms. The Balaban J connectivity index is 2.06. The molecule has 0 aromatic heterocycles. The van der Waals surface area contributed by atoms with Crippen molar-refractivity contribution < 1.29 is 9.90 Å². The number of anilines is 1. The van der Waals surface area contributed by atoms with Crippen LogP contribution < -0.4 is 10.2 Å². The number of piperazine rings is 1. The molecule has 1 saturated heterocycles. The zero-order valence-electron chi connectivity index (χ0n) is 11.0. The van der Waals surface area contributed by atoms with Gasteiger partial charge in [0, 0.05) is 36.1 Å². The topological polar surface area (TPSA) is 52.6 Å². The van der Waals surface area contributed by atoms with Crippen LogP contribution >= 0.6 is 15.9 Å². The zero-order valence-corrected chi connectivity index (χ0v) is 12.6. The molecule has 0 amide bonds. The van der Waals surface area contributed by atoms with Crippen LogP contribution in [0, 0.1) is 0 Å². The third-order valence-corrected chi connectivity index (χ3v) is 4.19. The molecule has 2 N–H and O–H groups in total. The summed E-state index contributed by atoms with van der Waals surface area (Å²) in [5.41, 5.74) is 1.18. The number of carboxylic acids is 1. The van der Waals surface area contributed by atoms with Crippen molar-refractivity contribution in [3.8, 4) is 0 Å². The van der Waals surface area contributed by atoms with Crippen LogP contribution in [0.1, 0.15) is 19.8 Å². The molecule has 0 aliphatic carbocycles. The second-order valence-corrected chi connectivity index (χ2v) is 5.84. The summed E-state index contributed by atoms with van der Waals surface area (Å²) in [5.74, 6) is -0.729. The van der Waals surface area contributed by atoms with Crippen molar-refractivity contribution in [3.05, 3.63) is 28.7 Å². The highest BCUT2D eigenvalue weighted by Crippen LogP contribution is 2.28. The third-order valence-electron chi connectivity index (χ3n) is 3.52. The van der Waals surface area contributed by atoms with Crippen LogP contribution in [0.5, 0.6) is 0 Å². The summed E-state index contributed by atoms with van der Waals surface area (Å²) in [6.07, 6.45) is 0.888. The number of hydrogen-bond acceptors (Lipinski definition) is 3.